The van der Waals surface area contributed by atoms with E-state index in [2.05, 4.69) is 5.32 Å². The fourth-order valence-corrected chi connectivity index (χ4v) is 2.39. The fourth-order valence-electron chi connectivity index (χ4n) is 2.39. The maximum absolute atomic E-state index is 12.2. The second kappa shape index (κ2) is 7.48. The topological polar surface area (TPSA) is 122 Å². The quantitative estimate of drug-likeness (QED) is 0.620. The number of nitrogens with two attached hydrogens (primary N) is 1. The van der Waals surface area contributed by atoms with Gasteiger partial charge in [0, 0.05) is 18.7 Å². The molecular weight excluding hydrogens is 302 g/mol. The van der Waals surface area contributed by atoms with Crippen molar-refractivity contribution in [2.75, 3.05) is 26.2 Å². The molecule has 1 aliphatic rings. The first-order valence-corrected chi connectivity index (χ1v) is 7.27. The summed E-state index contributed by atoms with van der Waals surface area (Å²) in [5, 5.41) is 11.3. The summed E-state index contributed by atoms with van der Waals surface area (Å²) in [6, 6.07) is 4.57. The number of ether oxygens (including phenoxy) is 1. The first-order chi connectivity index (χ1) is 11.0. The molecule has 0 aliphatic carbocycles. The molecule has 0 fully saturated rings. The van der Waals surface area contributed by atoms with E-state index in [0.717, 1.165) is 5.56 Å². The van der Waals surface area contributed by atoms with Gasteiger partial charge in [-0.3, -0.25) is 9.59 Å². The highest BCUT2D eigenvalue weighted by molar-refractivity contribution is 5.98. The lowest BCUT2D eigenvalue weighted by atomic mass is 9.98. The number of carbonyl (C=O) groups is 3. The van der Waals surface area contributed by atoms with Crippen molar-refractivity contribution in [3.8, 4) is 5.75 Å². The molecule has 1 aromatic rings. The van der Waals surface area contributed by atoms with Crippen molar-refractivity contribution in [2.45, 2.75) is 12.8 Å². The van der Waals surface area contributed by atoms with Crippen LogP contribution in [0.2, 0.25) is 0 Å². The fraction of sp³-hybridized carbons (Fsp3) is 0.400. The summed E-state index contributed by atoms with van der Waals surface area (Å²) >= 11 is 0. The molecule has 0 aromatic heterocycles. The number of aliphatic carboxylic acids is 1. The van der Waals surface area contributed by atoms with E-state index in [1.54, 1.807) is 18.2 Å². The maximum atomic E-state index is 12.2. The van der Waals surface area contributed by atoms with Crippen LogP contribution in [0.5, 0.6) is 5.75 Å². The minimum absolute atomic E-state index is 0.272. The normalized spacial score (nSPS) is 13.4. The number of fused-ring (bicyclic) bond motifs is 1. The van der Waals surface area contributed by atoms with Gasteiger partial charge < -0.3 is 25.8 Å². The van der Waals surface area contributed by atoms with Crippen LogP contribution in [0.25, 0.3) is 0 Å². The highest BCUT2D eigenvalue weighted by atomic mass is 16.5. The summed E-state index contributed by atoms with van der Waals surface area (Å²) in [5.74, 6) is -0.653. The average molecular weight is 321 g/mol. The molecule has 0 atom stereocenters. The summed E-state index contributed by atoms with van der Waals surface area (Å²) in [5.41, 5.74) is 6.32. The van der Waals surface area contributed by atoms with Gasteiger partial charge in [0.25, 0.3) is 5.91 Å². The van der Waals surface area contributed by atoms with Crippen LogP contribution in [0.4, 0.5) is 4.79 Å². The van der Waals surface area contributed by atoms with E-state index in [1.807, 2.05) is 0 Å². The Balaban J connectivity index is 1.92. The zero-order chi connectivity index (χ0) is 16.8. The van der Waals surface area contributed by atoms with E-state index in [1.165, 1.54) is 4.90 Å². The molecule has 4 N–H and O–H groups in total. The molecule has 8 nitrogen and oxygen atoms in total. The van der Waals surface area contributed by atoms with Gasteiger partial charge in [-0.25, -0.2) is 4.79 Å². The van der Waals surface area contributed by atoms with Crippen molar-refractivity contribution in [1.29, 1.82) is 0 Å². The van der Waals surface area contributed by atoms with Crippen LogP contribution >= 0.6 is 0 Å². The van der Waals surface area contributed by atoms with Crippen molar-refractivity contribution in [3.63, 3.8) is 0 Å². The molecule has 23 heavy (non-hydrogen) atoms. The van der Waals surface area contributed by atoms with Gasteiger partial charge in [0.2, 0.25) is 0 Å². The van der Waals surface area contributed by atoms with Gasteiger partial charge in [0.15, 0.2) is 0 Å². The van der Waals surface area contributed by atoms with Gasteiger partial charge in [0.05, 0.1) is 6.61 Å². The van der Waals surface area contributed by atoms with Crippen LogP contribution in [-0.2, 0) is 11.2 Å². The summed E-state index contributed by atoms with van der Waals surface area (Å²) in [7, 11) is 0. The number of amides is 3. The molecule has 0 saturated heterocycles. The van der Waals surface area contributed by atoms with E-state index in [4.69, 9.17) is 15.6 Å². The minimum atomic E-state index is -1.02. The Morgan fingerprint density at radius 3 is 2.87 bits per heavy atom. The molecule has 0 saturated carbocycles. The number of carbonyl (C=O) groups excluding carboxylic acids is 2. The van der Waals surface area contributed by atoms with Gasteiger partial charge >= 0.3 is 12.0 Å². The standard InChI is InChI=1S/C15H19N3O5/c16-15(22)17-5-1-7-23-11-2-3-12-10(8-11)4-6-18(14(12)21)9-13(19)20/h2-3,8H,1,4-7,9H2,(H,19,20)(H3,16,17,22). The number of carboxylic acid groups (broad SMARTS) is 1. The van der Waals surface area contributed by atoms with Gasteiger partial charge in [-0.15, -0.1) is 0 Å². The van der Waals surface area contributed by atoms with E-state index in [-0.39, 0.29) is 12.5 Å². The van der Waals surface area contributed by atoms with Crippen molar-refractivity contribution in [1.82, 2.24) is 10.2 Å². The van der Waals surface area contributed by atoms with Crippen LogP contribution < -0.4 is 15.8 Å². The molecule has 3 amide bonds. The third-order valence-corrected chi connectivity index (χ3v) is 3.46. The highest BCUT2D eigenvalue weighted by Crippen LogP contribution is 2.23. The van der Waals surface area contributed by atoms with Gasteiger partial charge in [0.1, 0.15) is 12.3 Å². The lowest BCUT2D eigenvalue weighted by Crippen LogP contribution is -2.40. The van der Waals surface area contributed by atoms with Crippen molar-refractivity contribution < 1.29 is 24.2 Å². The molecule has 0 bridgehead atoms. The van der Waals surface area contributed by atoms with Gasteiger partial charge in [-0.2, -0.15) is 0 Å². The molecule has 124 valence electrons. The largest absolute Gasteiger partial charge is 0.494 e. The molecule has 8 heteroatoms. The average Bonchev–Trinajstić information content (AvgIpc) is 2.49. The second-order valence-corrected chi connectivity index (χ2v) is 5.18. The Bertz CT molecular complexity index is 617. The van der Waals surface area contributed by atoms with Crippen LogP contribution in [0, 0.1) is 0 Å². The van der Waals surface area contributed by atoms with E-state index in [0.29, 0.717) is 43.9 Å². The zero-order valence-electron chi connectivity index (χ0n) is 12.6. The third-order valence-electron chi connectivity index (χ3n) is 3.46. The monoisotopic (exact) mass is 321 g/mol. The van der Waals surface area contributed by atoms with Crippen LogP contribution in [0.1, 0.15) is 22.3 Å². The van der Waals surface area contributed by atoms with Gasteiger partial charge in [-0.1, -0.05) is 0 Å². The summed E-state index contributed by atoms with van der Waals surface area (Å²) < 4.78 is 5.57. The Morgan fingerprint density at radius 1 is 1.39 bits per heavy atom. The predicted octanol–water partition coefficient (Wildman–Crippen LogP) is 0.207. The Kier molecular flexibility index (Phi) is 5.40. The summed E-state index contributed by atoms with van der Waals surface area (Å²) in [4.78, 5) is 34.8. The molecule has 1 heterocycles. The number of nitrogens with one attached hydrogen (secondary N) is 1. The smallest absolute Gasteiger partial charge is 0.323 e. The zero-order valence-corrected chi connectivity index (χ0v) is 12.6. The highest BCUT2D eigenvalue weighted by Gasteiger charge is 2.25. The maximum Gasteiger partial charge on any atom is 0.323 e. The second-order valence-electron chi connectivity index (χ2n) is 5.18. The van der Waals surface area contributed by atoms with Gasteiger partial charge in [-0.05, 0) is 36.6 Å². The van der Waals surface area contributed by atoms with E-state index in [9.17, 15) is 14.4 Å². The molecular formula is C15H19N3O5. The van der Waals surface area contributed by atoms with E-state index >= 15 is 0 Å². The number of hydrogen-bond donors (Lipinski definition) is 3. The number of primary amides is 1. The lowest BCUT2D eigenvalue weighted by Gasteiger charge is -2.27. The molecule has 0 spiro atoms. The van der Waals surface area contributed by atoms with Crippen molar-refractivity contribution >= 4 is 17.9 Å². The van der Waals surface area contributed by atoms with Crippen molar-refractivity contribution in [2.24, 2.45) is 5.73 Å². The number of urea groups is 1. The summed E-state index contributed by atoms with van der Waals surface area (Å²) in [6.45, 7) is 0.939. The van der Waals surface area contributed by atoms with Crippen LogP contribution in [-0.4, -0.2) is 54.2 Å². The molecule has 0 radical (unpaired) electrons. The lowest BCUT2D eigenvalue weighted by molar-refractivity contribution is -0.137. The number of rotatable bonds is 7. The number of hydrogen-bond acceptors (Lipinski definition) is 4. The third kappa shape index (κ3) is 4.60. The first-order valence-electron chi connectivity index (χ1n) is 7.27. The number of carboxylic acids is 1. The van der Waals surface area contributed by atoms with Crippen molar-refractivity contribution in [3.05, 3.63) is 29.3 Å². The van der Waals surface area contributed by atoms with E-state index < -0.39 is 12.0 Å². The Labute approximate surface area is 133 Å². The molecule has 0 unspecified atom stereocenters. The predicted molar refractivity (Wildman–Crippen MR) is 81.4 cm³/mol. The number of benzene rings is 1. The molecule has 2 rings (SSSR count). The van der Waals surface area contributed by atoms with Crippen LogP contribution in [0.15, 0.2) is 18.2 Å². The number of nitrogens with zero attached hydrogens (tertiary/aromatic N) is 1. The Hall–Kier alpha value is -2.77. The Morgan fingerprint density at radius 2 is 2.17 bits per heavy atom. The first kappa shape index (κ1) is 16.6. The SMILES string of the molecule is NC(=O)NCCCOc1ccc2c(c1)CCN(CC(=O)O)C2=O. The summed E-state index contributed by atoms with van der Waals surface area (Å²) in [6.07, 6.45) is 1.21. The molecule has 1 aliphatic heterocycles. The minimum Gasteiger partial charge on any atom is -0.494 e. The molecule has 1 aromatic carbocycles. The van der Waals surface area contributed by atoms with Crippen LogP contribution in [0.3, 0.4) is 0 Å².